The Morgan fingerprint density at radius 1 is 1.64 bits per heavy atom. The van der Waals surface area contributed by atoms with Gasteiger partial charge in [0, 0.05) is 6.20 Å². The first-order valence-corrected chi connectivity index (χ1v) is 3.00. The highest BCUT2D eigenvalue weighted by atomic mass is 16.4. The normalized spacial score (nSPS) is 10.5. The molecule has 2 heterocycles. The van der Waals surface area contributed by atoms with Crippen LogP contribution in [0.2, 0.25) is 0 Å². The SMILES string of the molecule is Nn1c(=O)oc2ncccc21. The molecule has 0 aliphatic rings. The minimum atomic E-state index is -0.598. The first kappa shape index (κ1) is 5.96. The van der Waals surface area contributed by atoms with Gasteiger partial charge in [0.25, 0.3) is 5.71 Å². The lowest BCUT2D eigenvalue weighted by Gasteiger charge is -1.86. The fourth-order valence-corrected chi connectivity index (χ4v) is 0.875. The Morgan fingerprint density at radius 3 is 3.18 bits per heavy atom. The molecule has 0 saturated carbocycles. The predicted octanol–water partition coefficient (Wildman–Crippen LogP) is -0.297. The van der Waals surface area contributed by atoms with E-state index in [9.17, 15) is 4.79 Å². The number of nitrogen functional groups attached to an aromatic ring is 1. The number of fused-ring (bicyclic) bond motifs is 1. The van der Waals surface area contributed by atoms with E-state index in [1.807, 2.05) is 0 Å². The van der Waals surface area contributed by atoms with Crippen molar-refractivity contribution in [2.24, 2.45) is 0 Å². The van der Waals surface area contributed by atoms with Gasteiger partial charge in [-0.2, -0.15) is 4.68 Å². The minimum Gasteiger partial charge on any atom is -0.387 e. The number of aromatic nitrogens is 2. The lowest BCUT2D eigenvalue weighted by atomic mass is 10.4. The standard InChI is InChI=1S/C6H5N3O2/c7-9-4-2-1-3-8-5(4)11-6(9)10/h1-3H,7H2. The van der Waals surface area contributed by atoms with Crippen molar-refractivity contribution in [2.45, 2.75) is 0 Å². The summed E-state index contributed by atoms with van der Waals surface area (Å²) in [5.74, 6) is 4.71. The second kappa shape index (κ2) is 1.85. The van der Waals surface area contributed by atoms with E-state index in [2.05, 4.69) is 9.40 Å². The zero-order valence-electron chi connectivity index (χ0n) is 5.52. The van der Waals surface area contributed by atoms with Crippen LogP contribution in [-0.4, -0.2) is 9.66 Å². The van der Waals surface area contributed by atoms with Gasteiger partial charge in [0.05, 0.1) is 0 Å². The summed E-state index contributed by atoms with van der Waals surface area (Å²) in [5.41, 5.74) is 0.762. The second-order valence-corrected chi connectivity index (χ2v) is 2.07. The molecule has 11 heavy (non-hydrogen) atoms. The van der Waals surface area contributed by atoms with Crippen LogP contribution in [-0.2, 0) is 0 Å². The van der Waals surface area contributed by atoms with Gasteiger partial charge >= 0.3 is 5.76 Å². The molecule has 0 aromatic carbocycles. The quantitative estimate of drug-likeness (QED) is 0.525. The Hall–Kier alpha value is -1.78. The lowest BCUT2D eigenvalue weighted by molar-refractivity contribution is 0.527. The fourth-order valence-electron chi connectivity index (χ4n) is 0.875. The number of oxazole rings is 1. The smallest absolute Gasteiger partial charge is 0.387 e. The third kappa shape index (κ3) is 0.706. The van der Waals surface area contributed by atoms with Gasteiger partial charge in [-0.3, -0.25) is 0 Å². The number of nitrogens with two attached hydrogens (primary N) is 1. The number of nitrogens with zero attached hydrogens (tertiary/aromatic N) is 2. The summed E-state index contributed by atoms with van der Waals surface area (Å²) in [6, 6.07) is 3.34. The first-order valence-electron chi connectivity index (χ1n) is 3.00. The fraction of sp³-hybridized carbons (Fsp3) is 0. The molecule has 0 spiro atoms. The van der Waals surface area contributed by atoms with Crippen LogP contribution in [0, 0.1) is 0 Å². The molecule has 2 N–H and O–H groups in total. The van der Waals surface area contributed by atoms with Crippen LogP contribution in [0.1, 0.15) is 0 Å². The summed E-state index contributed by atoms with van der Waals surface area (Å²) in [6.45, 7) is 0. The second-order valence-electron chi connectivity index (χ2n) is 2.07. The van der Waals surface area contributed by atoms with E-state index in [-0.39, 0.29) is 5.71 Å². The van der Waals surface area contributed by atoms with Crippen LogP contribution in [0.25, 0.3) is 11.2 Å². The van der Waals surface area contributed by atoms with Crippen molar-refractivity contribution >= 4 is 11.2 Å². The monoisotopic (exact) mass is 151 g/mol. The molecule has 0 atom stereocenters. The molecule has 0 saturated heterocycles. The van der Waals surface area contributed by atoms with E-state index in [0.717, 1.165) is 4.68 Å². The molecule has 56 valence electrons. The highest BCUT2D eigenvalue weighted by Gasteiger charge is 2.04. The molecule has 2 aromatic heterocycles. The number of pyridine rings is 1. The molecule has 0 aliphatic heterocycles. The highest BCUT2D eigenvalue weighted by molar-refractivity contribution is 5.67. The summed E-state index contributed by atoms with van der Waals surface area (Å²) >= 11 is 0. The molecule has 0 radical (unpaired) electrons. The first-order chi connectivity index (χ1) is 5.29. The van der Waals surface area contributed by atoms with Crippen LogP contribution in [0.4, 0.5) is 0 Å². The van der Waals surface area contributed by atoms with Crippen molar-refractivity contribution in [3.63, 3.8) is 0 Å². The molecule has 2 rings (SSSR count). The van der Waals surface area contributed by atoms with E-state index in [1.165, 1.54) is 6.20 Å². The van der Waals surface area contributed by atoms with Gasteiger partial charge < -0.3 is 10.3 Å². The maximum absolute atomic E-state index is 10.8. The van der Waals surface area contributed by atoms with Crippen molar-refractivity contribution in [1.29, 1.82) is 0 Å². The summed E-state index contributed by atoms with van der Waals surface area (Å²) < 4.78 is 5.59. The topological polar surface area (TPSA) is 74.0 Å². The van der Waals surface area contributed by atoms with Gasteiger partial charge in [0.2, 0.25) is 0 Å². The van der Waals surface area contributed by atoms with E-state index in [4.69, 9.17) is 5.84 Å². The predicted molar refractivity (Wildman–Crippen MR) is 38.4 cm³/mol. The molecule has 0 bridgehead atoms. The Balaban J connectivity index is 3.04. The maximum atomic E-state index is 10.8. The third-order valence-corrected chi connectivity index (χ3v) is 1.39. The van der Waals surface area contributed by atoms with Crippen molar-refractivity contribution in [3.05, 3.63) is 28.9 Å². The molecule has 5 nitrogen and oxygen atoms in total. The van der Waals surface area contributed by atoms with Gasteiger partial charge in [0.1, 0.15) is 5.52 Å². The summed E-state index contributed by atoms with van der Waals surface area (Å²) in [5, 5.41) is 0. The van der Waals surface area contributed by atoms with E-state index < -0.39 is 5.76 Å². The Labute approximate surface area is 61.0 Å². The van der Waals surface area contributed by atoms with Crippen LogP contribution < -0.4 is 11.6 Å². The number of hydrogen-bond donors (Lipinski definition) is 1. The van der Waals surface area contributed by atoms with Crippen molar-refractivity contribution in [1.82, 2.24) is 9.66 Å². The van der Waals surface area contributed by atoms with Crippen molar-refractivity contribution in [2.75, 3.05) is 5.84 Å². The zero-order chi connectivity index (χ0) is 7.84. The van der Waals surface area contributed by atoms with Gasteiger partial charge in [-0.1, -0.05) is 0 Å². The average molecular weight is 151 g/mol. The van der Waals surface area contributed by atoms with E-state index in [0.29, 0.717) is 5.52 Å². The largest absolute Gasteiger partial charge is 0.440 e. The van der Waals surface area contributed by atoms with Crippen LogP contribution in [0.15, 0.2) is 27.5 Å². The molecular weight excluding hydrogens is 146 g/mol. The molecule has 0 aliphatic carbocycles. The van der Waals surface area contributed by atoms with Gasteiger partial charge in [-0.25, -0.2) is 9.78 Å². The molecule has 0 amide bonds. The Kier molecular flexibility index (Phi) is 1.00. The molecule has 5 heteroatoms. The Bertz CT molecular complexity index is 442. The molecule has 0 unspecified atom stereocenters. The average Bonchev–Trinajstić information content (AvgIpc) is 2.30. The van der Waals surface area contributed by atoms with E-state index in [1.54, 1.807) is 12.1 Å². The van der Waals surface area contributed by atoms with Crippen LogP contribution in [0.5, 0.6) is 0 Å². The molecule has 2 aromatic rings. The maximum Gasteiger partial charge on any atom is 0.440 e. The summed E-state index contributed by atoms with van der Waals surface area (Å²) in [6.07, 6.45) is 1.53. The van der Waals surface area contributed by atoms with Gasteiger partial charge in [-0.05, 0) is 12.1 Å². The number of rotatable bonds is 0. The molecular formula is C6H5N3O2. The summed E-state index contributed by atoms with van der Waals surface area (Å²) in [7, 11) is 0. The van der Waals surface area contributed by atoms with Gasteiger partial charge in [-0.15, -0.1) is 0 Å². The summed E-state index contributed by atoms with van der Waals surface area (Å²) in [4.78, 5) is 14.6. The minimum absolute atomic E-state index is 0.264. The van der Waals surface area contributed by atoms with E-state index >= 15 is 0 Å². The van der Waals surface area contributed by atoms with Crippen molar-refractivity contribution in [3.8, 4) is 0 Å². The van der Waals surface area contributed by atoms with Crippen LogP contribution in [0.3, 0.4) is 0 Å². The van der Waals surface area contributed by atoms with Crippen molar-refractivity contribution < 1.29 is 4.42 Å². The lowest BCUT2D eigenvalue weighted by Crippen LogP contribution is -2.21. The molecule has 0 fully saturated rings. The third-order valence-electron chi connectivity index (χ3n) is 1.39. The Morgan fingerprint density at radius 2 is 2.45 bits per heavy atom. The van der Waals surface area contributed by atoms with Crippen LogP contribution >= 0.6 is 0 Å². The highest BCUT2D eigenvalue weighted by Crippen LogP contribution is 2.04. The number of hydrogen-bond acceptors (Lipinski definition) is 4. The zero-order valence-corrected chi connectivity index (χ0v) is 5.52. The van der Waals surface area contributed by atoms with Gasteiger partial charge in [0.15, 0.2) is 0 Å².